The number of nitrogens with two attached hydrogens (primary N) is 2. The van der Waals surface area contributed by atoms with E-state index in [1.165, 1.54) is 6.20 Å². The summed E-state index contributed by atoms with van der Waals surface area (Å²) in [5.74, 6) is 2.39. The molecule has 1 aliphatic carbocycles. The quantitative estimate of drug-likeness (QED) is 0.364. The Labute approximate surface area is 75.3 Å². The molecule has 0 heterocycles. The van der Waals surface area contributed by atoms with Gasteiger partial charge in [0, 0.05) is 24.7 Å². The van der Waals surface area contributed by atoms with Crippen molar-refractivity contribution >= 4 is 0 Å². The van der Waals surface area contributed by atoms with Crippen LogP contribution in [-0.4, -0.2) is 18.5 Å². The molecule has 0 amide bonds. The summed E-state index contributed by atoms with van der Waals surface area (Å²) in [5.41, 5.74) is 7.32. The zero-order valence-corrected chi connectivity index (χ0v) is 7.40. The van der Waals surface area contributed by atoms with Crippen LogP contribution >= 0.6 is 0 Å². The van der Waals surface area contributed by atoms with E-state index < -0.39 is 11.5 Å². The van der Waals surface area contributed by atoms with E-state index >= 15 is 0 Å². The van der Waals surface area contributed by atoms with Crippen LogP contribution in [0.3, 0.4) is 0 Å². The minimum absolute atomic E-state index is 0.277. The van der Waals surface area contributed by atoms with Gasteiger partial charge in [-0.2, -0.15) is 0 Å². The van der Waals surface area contributed by atoms with Gasteiger partial charge in [0.15, 0.2) is 0 Å². The highest BCUT2D eigenvalue weighted by Crippen LogP contribution is 2.47. The summed E-state index contributed by atoms with van der Waals surface area (Å²) in [6.45, 7) is 0. The molecule has 1 aliphatic rings. The third-order valence-electron chi connectivity index (χ3n) is 2.39. The lowest BCUT2D eigenvalue weighted by molar-refractivity contribution is -0.120. The van der Waals surface area contributed by atoms with Crippen LogP contribution < -0.4 is 22.3 Å². The molecule has 0 aliphatic heterocycles. The molecule has 1 saturated carbocycles. The second-order valence-electron chi connectivity index (χ2n) is 3.31. The first-order chi connectivity index (χ1) is 5.96. The average molecular weight is 192 g/mol. The van der Waals surface area contributed by atoms with E-state index in [-0.39, 0.29) is 12.8 Å². The van der Waals surface area contributed by atoms with Crippen molar-refractivity contribution in [3.05, 3.63) is 11.9 Å². The number of hydrogen-bond acceptors (Lipinski definition) is 4. The summed E-state index contributed by atoms with van der Waals surface area (Å²) in [7, 11) is 1.60. The maximum absolute atomic E-state index is 12.6. The first-order valence-corrected chi connectivity index (χ1v) is 3.95. The summed E-state index contributed by atoms with van der Waals surface area (Å²) < 4.78 is 25.3. The van der Waals surface area contributed by atoms with E-state index in [1.54, 1.807) is 7.05 Å². The number of hydrogen-bond donors (Lipinski definition) is 4. The molecule has 4 nitrogen and oxygen atoms in total. The minimum atomic E-state index is -2.62. The normalized spacial score (nSPS) is 25.1. The average Bonchev–Trinajstić information content (AvgIpc) is 1.99. The smallest absolute Gasteiger partial charge is 0.252 e. The second kappa shape index (κ2) is 3.12. The highest BCUT2D eigenvalue weighted by molar-refractivity contribution is 5.24. The van der Waals surface area contributed by atoms with Crippen molar-refractivity contribution in [3.63, 3.8) is 0 Å². The third kappa shape index (κ3) is 1.73. The van der Waals surface area contributed by atoms with Crippen LogP contribution in [0.5, 0.6) is 0 Å². The van der Waals surface area contributed by atoms with Crippen LogP contribution in [0.4, 0.5) is 8.78 Å². The Morgan fingerprint density at radius 2 is 2.00 bits per heavy atom. The minimum Gasteiger partial charge on any atom is -0.399 e. The van der Waals surface area contributed by atoms with Gasteiger partial charge in [-0.15, -0.1) is 0 Å². The van der Waals surface area contributed by atoms with Crippen molar-refractivity contribution in [2.75, 3.05) is 7.05 Å². The summed E-state index contributed by atoms with van der Waals surface area (Å²) >= 11 is 0. The molecule has 0 atom stereocenters. The lowest BCUT2D eigenvalue weighted by Crippen LogP contribution is -2.62. The van der Waals surface area contributed by atoms with Gasteiger partial charge in [0.25, 0.3) is 5.92 Å². The van der Waals surface area contributed by atoms with Crippen LogP contribution in [0.25, 0.3) is 0 Å². The topological polar surface area (TPSA) is 76.1 Å². The largest absolute Gasteiger partial charge is 0.399 e. The van der Waals surface area contributed by atoms with Gasteiger partial charge in [-0.1, -0.05) is 0 Å². The van der Waals surface area contributed by atoms with Crippen LogP contribution in [-0.2, 0) is 0 Å². The van der Waals surface area contributed by atoms with Gasteiger partial charge < -0.3 is 16.5 Å². The zero-order chi connectivity index (χ0) is 10.1. The van der Waals surface area contributed by atoms with Gasteiger partial charge in [0.05, 0.1) is 5.54 Å². The van der Waals surface area contributed by atoms with Crippen LogP contribution in [0.1, 0.15) is 12.8 Å². The van der Waals surface area contributed by atoms with Crippen molar-refractivity contribution < 1.29 is 8.78 Å². The zero-order valence-electron chi connectivity index (χ0n) is 7.40. The SMILES string of the molecule is CNC1(/C(N)=C/NN)CC(F)(F)C1. The van der Waals surface area contributed by atoms with Gasteiger partial charge >= 0.3 is 0 Å². The Morgan fingerprint density at radius 3 is 2.31 bits per heavy atom. The number of hydrazine groups is 1. The monoisotopic (exact) mass is 192 g/mol. The lowest BCUT2D eigenvalue weighted by Gasteiger charge is -2.47. The lowest BCUT2D eigenvalue weighted by atomic mass is 9.71. The maximum Gasteiger partial charge on any atom is 0.252 e. The molecule has 6 N–H and O–H groups in total. The number of likely N-dealkylation sites (N-methyl/N-ethyl adjacent to an activating group) is 1. The van der Waals surface area contributed by atoms with E-state index in [1.807, 2.05) is 0 Å². The maximum atomic E-state index is 12.6. The number of alkyl halides is 2. The van der Waals surface area contributed by atoms with E-state index in [0.717, 1.165) is 0 Å². The first-order valence-electron chi connectivity index (χ1n) is 3.95. The summed E-state index contributed by atoms with van der Waals surface area (Å²) in [4.78, 5) is 0. The fourth-order valence-corrected chi connectivity index (χ4v) is 1.58. The Hall–Kier alpha value is -0.880. The van der Waals surface area contributed by atoms with Crippen molar-refractivity contribution in [2.24, 2.45) is 11.6 Å². The Balaban J connectivity index is 2.70. The van der Waals surface area contributed by atoms with E-state index in [4.69, 9.17) is 11.6 Å². The third-order valence-corrected chi connectivity index (χ3v) is 2.39. The molecule has 0 radical (unpaired) electrons. The molecule has 0 saturated heterocycles. The molecule has 0 spiro atoms. The van der Waals surface area contributed by atoms with E-state index in [2.05, 4.69) is 10.7 Å². The van der Waals surface area contributed by atoms with Crippen LogP contribution in [0.2, 0.25) is 0 Å². The number of rotatable bonds is 3. The fraction of sp³-hybridized carbons (Fsp3) is 0.714. The van der Waals surface area contributed by atoms with Crippen molar-refractivity contribution in [3.8, 4) is 0 Å². The molecular formula is C7H14F2N4. The van der Waals surface area contributed by atoms with E-state index in [9.17, 15) is 8.78 Å². The molecule has 13 heavy (non-hydrogen) atoms. The molecule has 0 aromatic heterocycles. The predicted molar refractivity (Wildman–Crippen MR) is 45.6 cm³/mol. The molecule has 6 heteroatoms. The van der Waals surface area contributed by atoms with Gasteiger partial charge in [-0.25, -0.2) is 8.78 Å². The summed E-state index contributed by atoms with van der Waals surface area (Å²) in [6.07, 6.45) is 0.771. The second-order valence-corrected chi connectivity index (χ2v) is 3.31. The molecule has 0 aromatic carbocycles. The molecule has 0 aromatic rings. The van der Waals surface area contributed by atoms with Crippen LogP contribution in [0, 0.1) is 0 Å². The first kappa shape index (κ1) is 10.2. The molecular weight excluding hydrogens is 178 g/mol. The standard InChI is InChI=1S/C7H14F2N4/c1-12-6(5(10)2-13-11)3-7(8,9)4-6/h2,12-13H,3-4,10-11H2,1H3/b5-2-. The van der Waals surface area contributed by atoms with Gasteiger partial charge in [-0.05, 0) is 7.05 Å². The highest BCUT2D eigenvalue weighted by Gasteiger charge is 2.57. The highest BCUT2D eigenvalue weighted by atomic mass is 19.3. The van der Waals surface area contributed by atoms with Crippen molar-refractivity contribution in [1.29, 1.82) is 0 Å². The molecule has 1 fully saturated rings. The van der Waals surface area contributed by atoms with E-state index in [0.29, 0.717) is 5.70 Å². The fourth-order valence-electron chi connectivity index (χ4n) is 1.58. The molecule has 0 bridgehead atoms. The summed E-state index contributed by atoms with van der Waals surface area (Å²) in [6, 6.07) is 0. The number of halogens is 2. The Kier molecular flexibility index (Phi) is 2.44. The molecule has 76 valence electrons. The molecule has 1 rings (SSSR count). The van der Waals surface area contributed by atoms with Crippen LogP contribution in [0.15, 0.2) is 11.9 Å². The van der Waals surface area contributed by atoms with Crippen molar-refractivity contribution in [1.82, 2.24) is 10.7 Å². The van der Waals surface area contributed by atoms with Gasteiger partial charge in [-0.3, -0.25) is 5.84 Å². The number of nitrogens with one attached hydrogen (secondary N) is 2. The van der Waals surface area contributed by atoms with Crippen molar-refractivity contribution in [2.45, 2.75) is 24.3 Å². The molecule has 0 unspecified atom stereocenters. The van der Waals surface area contributed by atoms with Gasteiger partial charge in [0.1, 0.15) is 0 Å². The summed E-state index contributed by atoms with van der Waals surface area (Å²) in [5, 5.41) is 2.79. The van der Waals surface area contributed by atoms with Gasteiger partial charge in [0.2, 0.25) is 0 Å². The Morgan fingerprint density at radius 1 is 1.46 bits per heavy atom. The predicted octanol–water partition coefficient (Wildman–Crippen LogP) is -0.363. The Bertz CT molecular complexity index is 219.